The van der Waals surface area contributed by atoms with E-state index in [1.54, 1.807) is 10.7 Å². The van der Waals surface area contributed by atoms with Gasteiger partial charge in [-0.1, -0.05) is 35.9 Å². The normalized spacial score (nSPS) is 15.1. The van der Waals surface area contributed by atoms with Crippen molar-refractivity contribution in [2.24, 2.45) is 0 Å². The minimum atomic E-state index is 0.0547. The summed E-state index contributed by atoms with van der Waals surface area (Å²) >= 11 is 6.30. The molecule has 4 aromatic rings. The lowest BCUT2D eigenvalue weighted by atomic mass is 9.92. The van der Waals surface area contributed by atoms with Gasteiger partial charge in [0.25, 0.3) is 5.91 Å². The van der Waals surface area contributed by atoms with Crippen LogP contribution in [-0.2, 0) is 0 Å². The van der Waals surface area contributed by atoms with Gasteiger partial charge in [0.15, 0.2) is 0 Å². The average molecular weight is 420 g/mol. The van der Waals surface area contributed by atoms with Gasteiger partial charge in [-0.25, -0.2) is 4.52 Å². The summed E-state index contributed by atoms with van der Waals surface area (Å²) in [5, 5.41) is 12.7. The van der Waals surface area contributed by atoms with Gasteiger partial charge in [-0.2, -0.15) is 10.2 Å². The number of amides is 1. The van der Waals surface area contributed by atoms with Gasteiger partial charge < -0.3 is 4.90 Å². The molecule has 1 aliphatic heterocycles. The van der Waals surface area contributed by atoms with Gasteiger partial charge in [-0.3, -0.25) is 9.89 Å². The van der Waals surface area contributed by atoms with Gasteiger partial charge in [-0.05, 0) is 43.5 Å². The van der Waals surface area contributed by atoms with Gasteiger partial charge in [0.2, 0.25) is 0 Å². The highest BCUT2D eigenvalue weighted by atomic mass is 35.5. The molecule has 1 fully saturated rings. The third-order valence-electron chi connectivity index (χ3n) is 5.94. The fraction of sp³-hybridized carbons (Fsp3) is 0.261. The van der Waals surface area contributed by atoms with Gasteiger partial charge >= 0.3 is 0 Å². The number of hydrogen-bond donors (Lipinski definition) is 1. The van der Waals surface area contributed by atoms with Crippen LogP contribution >= 0.6 is 11.6 Å². The Morgan fingerprint density at radius 2 is 1.97 bits per heavy atom. The number of pyridine rings is 1. The second-order valence-corrected chi connectivity index (χ2v) is 8.20. The molecular weight excluding hydrogens is 398 g/mol. The van der Waals surface area contributed by atoms with Crippen molar-refractivity contribution in [3.63, 3.8) is 0 Å². The van der Waals surface area contributed by atoms with E-state index in [1.807, 2.05) is 54.4 Å². The second kappa shape index (κ2) is 7.61. The summed E-state index contributed by atoms with van der Waals surface area (Å²) < 4.78 is 1.77. The average Bonchev–Trinajstić information content (AvgIpc) is 3.42. The highest BCUT2D eigenvalue weighted by molar-refractivity contribution is 6.33. The molecule has 4 heterocycles. The Balaban J connectivity index is 1.30. The van der Waals surface area contributed by atoms with Crippen molar-refractivity contribution in [1.82, 2.24) is 24.7 Å². The summed E-state index contributed by atoms with van der Waals surface area (Å²) in [5.41, 5.74) is 5.51. The van der Waals surface area contributed by atoms with Crippen molar-refractivity contribution in [3.8, 4) is 11.3 Å². The number of carbonyl (C=O) groups excluding carboxylic acids is 1. The Morgan fingerprint density at radius 3 is 2.77 bits per heavy atom. The predicted octanol–water partition coefficient (Wildman–Crippen LogP) is 4.71. The molecule has 0 bridgehead atoms. The van der Waals surface area contributed by atoms with E-state index < -0.39 is 0 Å². The van der Waals surface area contributed by atoms with Crippen LogP contribution < -0.4 is 0 Å². The van der Waals surface area contributed by atoms with Gasteiger partial charge in [0, 0.05) is 36.5 Å². The smallest absolute Gasteiger partial charge is 0.257 e. The first-order valence-corrected chi connectivity index (χ1v) is 10.5. The number of fused-ring (bicyclic) bond motifs is 1. The van der Waals surface area contributed by atoms with Crippen molar-refractivity contribution >= 4 is 23.0 Å². The lowest BCUT2D eigenvalue weighted by Crippen LogP contribution is -2.38. The van der Waals surface area contributed by atoms with E-state index in [9.17, 15) is 4.79 Å². The Labute approximate surface area is 179 Å². The van der Waals surface area contributed by atoms with Crippen LogP contribution in [0.25, 0.3) is 16.8 Å². The van der Waals surface area contributed by atoms with E-state index >= 15 is 0 Å². The maximum absolute atomic E-state index is 13.1. The molecule has 0 unspecified atom stereocenters. The monoisotopic (exact) mass is 419 g/mol. The van der Waals surface area contributed by atoms with Crippen molar-refractivity contribution in [3.05, 3.63) is 76.7 Å². The summed E-state index contributed by atoms with van der Waals surface area (Å²) in [7, 11) is 0. The number of rotatable bonds is 3. The van der Waals surface area contributed by atoms with Crippen molar-refractivity contribution < 1.29 is 4.79 Å². The number of aryl methyl sites for hydroxylation is 1. The maximum Gasteiger partial charge on any atom is 0.257 e. The van der Waals surface area contributed by atoms with Crippen molar-refractivity contribution in [2.75, 3.05) is 13.1 Å². The lowest BCUT2D eigenvalue weighted by molar-refractivity contribution is 0.0714. The van der Waals surface area contributed by atoms with Crippen LogP contribution in [-0.4, -0.2) is 43.7 Å². The molecule has 1 amide bonds. The molecule has 0 atom stereocenters. The number of likely N-dealkylation sites (tertiary alicyclic amines) is 1. The molecule has 7 heteroatoms. The Morgan fingerprint density at radius 1 is 1.17 bits per heavy atom. The number of carbonyl (C=O) groups is 1. The molecule has 1 N–H and O–H groups in total. The number of aromatic amines is 1. The first kappa shape index (κ1) is 18.9. The van der Waals surface area contributed by atoms with E-state index in [4.69, 9.17) is 11.6 Å². The predicted molar refractivity (Wildman–Crippen MR) is 117 cm³/mol. The van der Waals surface area contributed by atoms with Crippen molar-refractivity contribution in [1.29, 1.82) is 0 Å². The number of halogens is 1. The zero-order chi connectivity index (χ0) is 20.7. The third-order valence-corrected chi connectivity index (χ3v) is 6.27. The SMILES string of the molecule is Cc1cccn2ncc(C(=O)N3CCC(c4cc(-c5ccccc5Cl)n[nH]4)CC3)c12. The van der Waals surface area contributed by atoms with Crippen LogP contribution in [0.1, 0.15) is 40.4 Å². The number of H-pyrrole nitrogens is 1. The number of aromatic nitrogens is 4. The molecule has 3 aromatic heterocycles. The maximum atomic E-state index is 13.1. The molecule has 1 saturated heterocycles. The van der Waals surface area contributed by atoms with Crippen molar-refractivity contribution in [2.45, 2.75) is 25.7 Å². The number of nitrogens with zero attached hydrogens (tertiary/aromatic N) is 4. The molecule has 1 aromatic carbocycles. The standard InChI is InChI=1S/C23H22ClN5O/c1-15-5-4-10-29-22(15)18(14-25-29)23(30)28-11-8-16(9-12-28)20-13-21(27-26-20)17-6-2-3-7-19(17)24/h2-7,10,13-14,16H,8-9,11-12H2,1H3,(H,26,27). The first-order valence-electron chi connectivity index (χ1n) is 10.1. The quantitative estimate of drug-likeness (QED) is 0.523. The van der Waals surface area contributed by atoms with Gasteiger partial charge in [0.05, 0.1) is 28.0 Å². The topological polar surface area (TPSA) is 66.3 Å². The number of piperidine rings is 1. The number of benzene rings is 1. The summed E-state index contributed by atoms with van der Waals surface area (Å²) in [6, 6.07) is 13.8. The molecular formula is C23H22ClN5O. The van der Waals surface area contributed by atoms with E-state index in [-0.39, 0.29) is 5.91 Å². The minimum Gasteiger partial charge on any atom is -0.338 e. The van der Waals surface area contributed by atoms with E-state index in [0.717, 1.165) is 40.9 Å². The minimum absolute atomic E-state index is 0.0547. The molecule has 0 saturated carbocycles. The van der Waals surface area contributed by atoms with E-state index in [2.05, 4.69) is 21.4 Å². The summed E-state index contributed by atoms with van der Waals surface area (Å²) in [4.78, 5) is 15.1. The Bertz CT molecular complexity index is 1220. The Hall–Kier alpha value is -3.12. The van der Waals surface area contributed by atoms with Gasteiger partial charge in [-0.15, -0.1) is 0 Å². The highest BCUT2D eigenvalue weighted by Crippen LogP contribution is 2.32. The third kappa shape index (κ3) is 3.27. The zero-order valence-corrected chi connectivity index (χ0v) is 17.4. The van der Waals surface area contributed by atoms with Crippen LogP contribution in [0.4, 0.5) is 0 Å². The molecule has 30 heavy (non-hydrogen) atoms. The fourth-order valence-electron chi connectivity index (χ4n) is 4.29. The lowest BCUT2D eigenvalue weighted by Gasteiger charge is -2.31. The van der Waals surface area contributed by atoms with E-state index in [0.29, 0.717) is 29.6 Å². The zero-order valence-electron chi connectivity index (χ0n) is 16.7. The van der Waals surface area contributed by atoms with Gasteiger partial charge in [0.1, 0.15) is 0 Å². The molecule has 0 aliphatic carbocycles. The first-order chi connectivity index (χ1) is 14.6. The fourth-order valence-corrected chi connectivity index (χ4v) is 4.52. The molecule has 152 valence electrons. The van der Waals surface area contributed by atoms with Crippen LogP contribution in [0.2, 0.25) is 5.02 Å². The summed E-state index contributed by atoms with van der Waals surface area (Å²) in [5.74, 6) is 0.405. The van der Waals surface area contributed by atoms with Crippen LogP contribution in [0.15, 0.2) is 54.9 Å². The Kier molecular flexibility index (Phi) is 4.79. The van der Waals surface area contributed by atoms with Crippen LogP contribution in [0, 0.1) is 6.92 Å². The van der Waals surface area contributed by atoms with E-state index in [1.165, 1.54) is 0 Å². The molecule has 0 radical (unpaired) electrons. The second-order valence-electron chi connectivity index (χ2n) is 7.80. The molecule has 6 nitrogen and oxygen atoms in total. The highest BCUT2D eigenvalue weighted by Gasteiger charge is 2.27. The largest absolute Gasteiger partial charge is 0.338 e. The summed E-state index contributed by atoms with van der Waals surface area (Å²) in [6.07, 6.45) is 5.35. The van der Waals surface area contributed by atoms with Crippen LogP contribution in [0.3, 0.4) is 0 Å². The number of nitrogens with one attached hydrogen (secondary N) is 1. The molecule has 0 spiro atoms. The van der Waals surface area contributed by atoms with Crippen LogP contribution in [0.5, 0.6) is 0 Å². The molecule has 1 aliphatic rings. The molecule has 5 rings (SSSR count). The summed E-state index contributed by atoms with van der Waals surface area (Å²) in [6.45, 7) is 3.44. The number of hydrogen-bond acceptors (Lipinski definition) is 3.